The van der Waals surface area contributed by atoms with Crippen LogP contribution in [-0.4, -0.2) is 54.5 Å². The second-order valence-corrected chi connectivity index (χ2v) is 7.13. The molecule has 3 rings (SSSR count). The number of carbonyl (C=O) groups excluding carboxylic acids is 1. The molecular formula is C20H24N6O3S. The first-order chi connectivity index (χ1) is 14.6. The van der Waals surface area contributed by atoms with Crippen LogP contribution in [0.3, 0.4) is 0 Å². The number of thioether (sulfide) groups is 1. The van der Waals surface area contributed by atoms with Crippen LogP contribution < -0.4 is 20.7 Å². The van der Waals surface area contributed by atoms with Crippen LogP contribution in [0.25, 0.3) is 0 Å². The number of hydrogen-bond acceptors (Lipinski definition) is 8. The van der Waals surface area contributed by atoms with Gasteiger partial charge in [-0.25, -0.2) is 9.78 Å². The lowest BCUT2D eigenvalue weighted by Gasteiger charge is -2.28. The van der Waals surface area contributed by atoms with E-state index >= 15 is 0 Å². The van der Waals surface area contributed by atoms with E-state index in [4.69, 9.17) is 15.2 Å². The molecule has 1 aromatic carbocycles. The lowest BCUT2D eigenvalue weighted by Crippen LogP contribution is -2.37. The summed E-state index contributed by atoms with van der Waals surface area (Å²) in [6.07, 6.45) is 4.22. The van der Waals surface area contributed by atoms with Gasteiger partial charge in [0.05, 0.1) is 18.9 Å². The summed E-state index contributed by atoms with van der Waals surface area (Å²) in [5, 5.41) is 2.99. The van der Waals surface area contributed by atoms with E-state index in [1.165, 1.54) is 12.3 Å². The van der Waals surface area contributed by atoms with Crippen molar-refractivity contribution in [2.45, 2.75) is 5.75 Å². The van der Waals surface area contributed by atoms with Crippen molar-refractivity contribution in [3.8, 4) is 5.75 Å². The molecule has 9 nitrogen and oxygen atoms in total. The first-order valence-corrected chi connectivity index (χ1v) is 10.8. The number of ether oxygens (including phenoxy) is 2. The quantitative estimate of drug-likeness (QED) is 0.507. The van der Waals surface area contributed by atoms with Gasteiger partial charge in [-0.1, -0.05) is 18.2 Å². The van der Waals surface area contributed by atoms with Crippen LogP contribution in [0.1, 0.15) is 5.69 Å². The van der Waals surface area contributed by atoms with Crippen molar-refractivity contribution in [2.75, 3.05) is 42.8 Å². The first-order valence-electron chi connectivity index (χ1n) is 9.38. The van der Waals surface area contributed by atoms with Gasteiger partial charge >= 0.3 is 6.09 Å². The summed E-state index contributed by atoms with van der Waals surface area (Å²) in [6, 6.07) is 10.7. The average molecular weight is 429 g/mol. The van der Waals surface area contributed by atoms with Crippen molar-refractivity contribution in [1.82, 2.24) is 9.97 Å². The van der Waals surface area contributed by atoms with Gasteiger partial charge in [-0.15, -0.1) is 0 Å². The summed E-state index contributed by atoms with van der Waals surface area (Å²) in [5.41, 5.74) is 6.69. The minimum absolute atomic E-state index is 0.00268. The van der Waals surface area contributed by atoms with Gasteiger partial charge in [0, 0.05) is 31.1 Å². The van der Waals surface area contributed by atoms with Gasteiger partial charge in [0.15, 0.2) is 0 Å². The highest BCUT2D eigenvalue weighted by atomic mass is 32.2. The molecule has 158 valence electrons. The number of amides is 1. The van der Waals surface area contributed by atoms with Crippen LogP contribution in [-0.2, 0) is 10.5 Å². The van der Waals surface area contributed by atoms with E-state index in [1.54, 1.807) is 36.0 Å². The summed E-state index contributed by atoms with van der Waals surface area (Å²) in [6.45, 7) is 2.93. The lowest BCUT2D eigenvalue weighted by atomic mass is 10.3. The van der Waals surface area contributed by atoms with Crippen LogP contribution in [0.5, 0.6) is 5.75 Å². The van der Waals surface area contributed by atoms with E-state index in [9.17, 15) is 4.79 Å². The summed E-state index contributed by atoms with van der Waals surface area (Å²) in [4.78, 5) is 26.7. The van der Waals surface area contributed by atoms with Gasteiger partial charge in [0.1, 0.15) is 17.4 Å². The third-order valence-corrected chi connectivity index (χ3v) is 4.61. The summed E-state index contributed by atoms with van der Waals surface area (Å²) < 4.78 is 10.5. The molecule has 30 heavy (non-hydrogen) atoms. The molecule has 1 saturated heterocycles. The summed E-state index contributed by atoms with van der Waals surface area (Å²) in [5.74, 6) is 2.46. The number of hydrogen-bond donors (Lipinski definition) is 2. The van der Waals surface area contributed by atoms with Crippen molar-refractivity contribution in [2.24, 2.45) is 10.7 Å². The van der Waals surface area contributed by atoms with Crippen LogP contribution in [0.2, 0.25) is 0 Å². The maximum atomic E-state index is 11.8. The number of morpholine rings is 1. The Kier molecular flexibility index (Phi) is 8.04. The Morgan fingerprint density at radius 2 is 2.10 bits per heavy atom. The predicted molar refractivity (Wildman–Crippen MR) is 119 cm³/mol. The number of benzene rings is 1. The molecule has 1 aliphatic rings. The topological polar surface area (TPSA) is 115 Å². The highest BCUT2D eigenvalue weighted by Gasteiger charge is 2.14. The van der Waals surface area contributed by atoms with Crippen LogP contribution in [0.4, 0.5) is 16.6 Å². The molecule has 0 radical (unpaired) electrons. The number of nitrogens with two attached hydrogens (primary N) is 1. The van der Waals surface area contributed by atoms with E-state index in [2.05, 4.69) is 25.2 Å². The van der Waals surface area contributed by atoms with E-state index in [0.717, 1.165) is 30.4 Å². The Morgan fingerprint density at radius 1 is 1.33 bits per heavy atom. The fraction of sp³-hybridized carbons (Fsp3) is 0.300. The molecule has 1 amide bonds. The van der Waals surface area contributed by atoms with Crippen LogP contribution >= 0.6 is 11.8 Å². The van der Waals surface area contributed by atoms with Gasteiger partial charge in [0.25, 0.3) is 0 Å². The molecular weight excluding hydrogens is 404 g/mol. The van der Waals surface area contributed by atoms with Crippen molar-refractivity contribution in [3.05, 3.63) is 54.4 Å². The number of nitrogens with one attached hydrogen (secondary N) is 1. The minimum atomic E-state index is -0.795. The molecule has 1 aliphatic heterocycles. The smallest absolute Gasteiger partial charge is 0.409 e. The van der Waals surface area contributed by atoms with E-state index in [1.807, 2.05) is 18.4 Å². The Labute approximate surface area is 179 Å². The zero-order chi connectivity index (χ0) is 21.2. The molecule has 1 aromatic heterocycles. The second-order valence-electron chi connectivity index (χ2n) is 6.27. The van der Waals surface area contributed by atoms with Crippen molar-refractivity contribution in [1.29, 1.82) is 0 Å². The van der Waals surface area contributed by atoms with Crippen molar-refractivity contribution < 1.29 is 14.3 Å². The molecule has 0 unspecified atom stereocenters. The molecule has 0 spiro atoms. The normalized spacial score (nSPS) is 14.7. The minimum Gasteiger partial charge on any atom is -0.409 e. The highest BCUT2D eigenvalue weighted by molar-refractivity contribution is 7.97. The van der Waals surface area contributed by atoms with Gasteiger partial charge in [-0.2, -0.15) is 21.7 Å². The SMILES string of the molecule is CSCc1cc(N2CCOCC2)nc(N/C=C\C(N)=N/C(=O)Oc2ccccc2)n1. The predicted octanol–water partition coefficient (Wildman–Crippen LogP) is 2.66. The molecule has 0 bridgehead atoms. The number of para-hydroxylation sites is 1. The fourth-order valence-electron chi connectivity index (χ4n) is 2.68. The molecule has 0 atom stereocenters. The van der Waals surface area contributed by atoms with E-state index < -0.39 is 6.09 Å². The largest absolute Gasteiger partial charge is 0.441 e. The fourth-order valence-corrected chi connectivity index (χ4v) is 3.12. The highest BCUT2D eigenvalue weighted by Crippen LogP contribution is 2.19. The Balaban J connectivity index is 1.63. The zero-order valence-corrected chi connectivity index (χ0v) is 17.5. The van der Waals surface area contributed by atoms with Crippen LogP contribution in [0.15, 0.2) is 53.7 Å². The first kappa shape index (κ1) is 21.6. The number of rotatable bonds is 7. The number of aliphatic imine (C=N–C) groups is 1. The third-order valence-electron chi connectivity index (χ3n) is 4.03. The maximum Gasteiger partial charge on any atom is 0.441 e. The third kappa shape index (κ3) is 6.75. The average Bonchev–Trinajstić information content (AvgIpc) is 2.75. The Morgan fingerprint density at radius 3 is 2.83 bits per heavy atom. The molecule has 0 aliphatic carbocycles. The molecule has 0 saturated carbocycles. The lowest BCUT2D eigenvalue weighted by molar-refractivity contribution is 0.122. The zero-order valence-electron chi connectivity index (χ0n) is 16.7. The van der Waals surface area contributed by atoms with Crippen LogP contribution in [0, 0.1) is 0 Å². The molecule has 2 heterocycles. The van der Waals surface area contributed by atoms with Gasteiger partial charge < -0.3 is 25.4 Å². The van der Waals surface area contributed by atoms with E-state index in [0.29, 0.717) is 24.9 Å². The van der Waals surface area contributed by atoms with Gasteiger partial charge in [-0.05, 0) is 24.5 Å². The Bertz CT molecular complexity index is 901. The number of aromatic nitrogens is 2. The molecule has 2 aromatic rings. The number of carbonyl (C=O) groups is 1. The Hall–Kier alpha value is -3.11. The van der Waals surface area contributed by atoms with E-state index in [-0.39, 0.29) is 5.84 Å². The number of anilines is 2. The number of amidine groups is 1. The maximum absolute atomic E-state index is 11.8. The summed E-state index contributed by atoms with van der Waals surface area (Å²) in [7, 11) is 0. The van der Waals surface area contributed by atoms with Gasteiger partial charge in [-0.3, -0.25) is 0 Å². The number of nitrogens with zero attached hydrogens (tertiary/aromatic N) is 4. The molecule has 3 N–H and O–H groups in total. The van der Waals surface area contributed by atoms with Crippen molar-refractivity contribution in [3.63, 3.8) is 0 Å². The van der Waals surface area contributed by atoms with Gasteiger partial charge in [0.2, 0.25) is 5.95 Å². The molecule has 1 fully saturated rings. The standard InChI is InChI=1S/C20H24N6O3S/c1-30-14-15-13-18(26-9-11-28-12-10-26)25-19(23-15)22-8-7-17(21)24-20(27)29-16-5-3-2-4-6-16/h2-8,13H,9-12,14H2,1H3,(H2,21,24,27)(H,22,23,25)/b8-7-. The summed E-state index contributed by atoms with van der Waals surface area (Å²) >= 11 is 1.69. The second kappa shape index (κ2) is 11.2. The van der Waals surface area contributed by atoms with Crippen molar-refractivity contribution >= 4 is 35.5 Å². The monoisotopic (exact) mass is 428 g/mol. The molecule has 10 heteroatoms.